The molecule has 0 N–H and O–H groups in total. The summed E-state index contributed by atoms with van der Waals surface area (Å²) in [4.78, 5) is 11.1. The van der Waals surface area contributed by atoms with Crippen LogP contribution >= 0.6 is 12.4 Å². The second kappa shape index (κ2) is 6.16. The number of carbonyl (C=O) groups excluding carboxylic acids is 1. The third-order valence-corrected chi connectivity index (χ3v) is 2.06. The minimum atomic E-state index is -0.175. The van der Waals surface area contributed by atoms with Crippen LogP contribution in [0.25, 0.3) is 0 Å². The molecule has 1 saturated heterocycles. The first kappa shape index (κ1) is 12.7. The van der Waals surface area contributed by atoms with E-state index in [1.54, 1.807) is 6.92 Å². The summed E-state index contributed by atoms with van der Waals surface area (Å²) in [5.74, 6) is -0.262. The molecule has 0 spiro atoms. The monoisotopic (exact) mass is 211 g/mol. The van der Waals surface area contributed by atoms with Crippen LogP contribution in [0.15, 0.2) is 0 Å². The van der Waals surface area contributed by atoms with Crippen LogP contribution in [0.1, 0.15) is 19.8 Å². The predicted molar refractivity (Wildman–Crippen MR) is 49.3 cm³/mol. The molecule has 0 aliphatic carbocycles. The molecule has 3 nitrogen and oxygen atoms in total. The van der Waals surface area contributed by atoms with Gasteiger partial charge < -0.3 is 4.74 Å². The number of rotatable bonds is 2. The van der Waals surface area contributed by atoms with Crippen LogP contribution in [0.4, 0.5) is 4.48 Å². The van der Waals surface area contributed by atoms with Crippen molar-refractivity contribution in [2.24, 2.45) is 5.92 Å². The van der Waals surface area contributed by atoms with Crippen LogP contribution < -0.4 is 0 Å². The fourth-order valence-electron chi connectivity index (χ4n) is 1.34. The van der Waals surface area contributed by atoms with E-state index in [0.29, 0.717) is 32.5 Å². The predicted octanol–water partition coefficient (Wildman–Crippen LogP) is 1.57. The van der Waals surface area contributed by atoms with Crippen molar-refractivity contribution in [1.82, 2.24) is 5.12 Å². The van der Waals surface area contributed by atoms with Crippen molar-refractivity contribution in [3.05, 3.63) is 0 Å². The highest BCUT2D eigenvalue weighted by Crippen LogP contribution is 2.18. The second-order valence-corrected chi connectivity index (χ2v) is 2.94. The summed E-state index contributed by atoms with van der Waals surface area (Å²) in [6.45, 7) is 2.89. The zero-order valence-electron chi connectivity index (χ0n) is 7.66. The number of nitrogens with zero attached hydrogens (tertiary/aromatic N) is 1. The maximum Gasteiger partial charge on any atom is 0.309 e. The SMILES string of the molecule is CCOC(=O)C1CCN(F)CC1.Cl. The van der Waals surface area contributed by atoms with Gasteiger partial charge >= 0.3 is 5.97 Å². The second-order valence-electron chi connectivity index (χ2n) is 2.94. The van der Waals surface area contributed by atoms with Gasteiger partial charge in [-0.05, 0) is 19.8 Å². The van der Waals surface area contributed by atoms with Crippen LogP contribution in [-0.2, 0) is 9.53 Å². The topological polar surface area (TPSA) is 29.5 Å². The lowest BCUT2D eigenvalue weighted by molar-refractivity contribution is -0.151. The van der Waals surface area contributed by atoms with E-state index in [1.807, 2.05) is 0 Å². The van der Waals surface area contributed by atoms with Crippen molar-refractivity contribution in [1.29, 1.82) is 0 Å². The van der Waals surface area contributed by atoms with Crippen molar-refractivity contribution >= 4 is 18.4 Å². The number of ether oxygens (including phenoxy) is 1. The fraction of sp³-hybridized carbons (Fsp3) is 0.875. The Morgan fingerprint density at radius 2 is 2.08 bits per heavy atom. The Kier molecular flexibility index (Phi) is 5.99. The Morgan fingerprint density at radius 1 is 1.54 bits per heavy atom. The quantitative estimate of drug-likeness (QED) is 0.513. The molecule has 78 valence electrons. The molecule has 0 aromatic rings. The zero-order valence-corrected chi connectivity index (χ0v) is 8.48. The summed E-state index contributed by atoms with van der Waals surface area (Å²) in [5.41, 5.74) is 0. The van der Waals surface area contributed by atoms with E-state index in [1.165, 1.54) is 0 Å². The molecule has 1 aliphatic rings. The molecule has 5 heteroatoms. The van der Waals surface area contributed by atoms with Gasteiger partial charge in [0.2, 0.25) is 0 Å². The third kappa shape index (κ3) is 3.91. The van der Waals surface area contributed by atoms with Gasteiger partial charge in [0.1, 0.15) is 0 Å². The lowest BCUT2D eigenvalue weighted by Crippen LogP contribution is -2.32. The van der Waals surface area contributed by atoms with E-state index in [0.717, 1.165) is 5.12 Å². The minimum absolute atomic E-state index is 0. The van der Waals surface area contributed by atoms with Gasteiger partial charge in [0.15, 0.2) is 0 Å². The molecule has 1 aliphatic heterocycles. The van der Waals surface area contributed by atoms with Gasteiger partial charge in [0, 0.05) is 13.1 Å². The van der Waals surface area contributed by atoms with Crippen molar-refractivity contribution in [2.75, 3.05) is 19.7 Å². The number of piperidine rings is 1. The molecule has 1 rings (SSSR count). The van der Waals surface area contributed by atoms with Crippen LogP contribution in [0.3, 0.4) is 0 Å². The molecule has 13 heavy (non-hydrogen) atoms. The maximum atomic E-state index is 12.5. The molecule has 0 amide bonds. The molecule has 0 atom stereocenters. The number of hydrogen-bond donors (Lipinski definition) is 0. The first-order chi connectivity index (χ1) is 5.74. The van der Waals surface area contributed by atoms with Gasteiger partial charge in [-0.1, -0.05) is 0 Å². The molecule has 0 radical (unpaired) electrons. The summed E-state index contributed by atoms with van der Waals surface area (Å²) in [6.07, 6.45) is 1.16. The maximum absolute atomic E-state index is 12.5. The summed E-state index contributed by atoms with van der Waals surface area (Å²) < 4.78 is 17.3. The molecular formula is C8H15ClFNO2. The number of halogens is 2. The van der Waals surface area contributed by atoms with E-state index in [2.05, 4.69) is 0 Å². The van der Waals surface area contributed by atoms with Gasteiger partial charge in [-0.25, -0.2) is 0 Å². The Hall–Kier alpha value is -0.350. The van der Waals surface area contributed by atoms with Crippen LogP contribution in [0.5, 0.6) is 0 Å². The first-order valence-electron chi connectivity index (χ1n) is 4.31. The Labute approximate surface area is 83.6 Å². The summed E-state index contributed by atoms with van der Waals surface area (Å²) >= 11 is 0. The molecular weight excluding hydrogens is 197 g/mol. The Morgan fingerprint density at radius 3 is 2.54 bits per heavy atom. The van der Waals surface area contributed by atoms with Crippen LogP contribution in [0.2, 0.25) is 0 Å². The number of hydrogen-bond acceptors (Lipinski definition) is 3. The lowest BCUT2D eigenvalue weighted by Gasteiger charge is -2.23. The van der Waals surface area contributed by atoms with Gasteiger partial charge in [0.05, 0.1) is 12.5 Å². The third-order valence-electron chi connectivity index (χ3n) is 2.06. The highest BCUT2D eigenvalue weighted by molar-refractivity contribution is 5.85. The summed E-state index contributed by atoms with van der Waals surface area (Å²) in [6, 6.07) is 0. The summed E-state index contributed by atoms with van der Waals surface area (Å²) in [5, 5.41) is 0.746. The molecule has 0 saturated carbocycles. The molecule has 0 aromatic heterocycles. The lowest BCUT2D eigenvalue weighted by atomic mass is 9.98. The minimum Gasteiger partial charge on any atom is -0.466 e. The van der Waals surface area contributed by atoms with E-state index in [-0.39, 0.29) is 24.3 Å². The largest absolute Gasteiger partial charge is 0.466 e. The van der Waals surface area contributed by atoms with Gasteiger partial charge in [-0.15, -0.1) is 22.0 Å². The van der Waals surface area contributed by atoms with Gasteiger partial charge in [-0.3, -0.25) is 4.79 Å². The average Bonchev–Trinajstić information content (AvgIpc) is 2.06. The van der Waals surface area contributed by atoms with Gasteiger partial charge in [-0.2, -0.15) is 0 Å². The smallest absolute Gasteiger partial charge is 0.309 e. The van der Waals surface area contributed by atoms with E-state index < -0.39 is 0 Å². The molecule has 0 unspecified atom stereocenters. The van der Waals surface area contributed by atoms with Crippen LogP contribution in [-0.4, -0.2) is 30.8 Å². The Bertz CT molecular complexity index is 160. The first-order valence-corrected chi connectivity index (χ1v) is 4.31. The fourth-order valence-corrected chi connectivity index (χ4v) is 1.34. The van der Waals surface area contributed by atoms with E-state index in [4.69, 9.17) is 4.74 Å². The van der Waals surface area contributed by atoms with Crippen molar-refractivity contribution in [2.45, 2.75) is 19.8 Å². The molecule has 1 heterocycles. The number of esters is 1. The van der Waals surface area contributed by atoms with Crippen molar-refractivity contribution in [3.8, 4) is 0 Å². The highest BCUT2D eigenvalue weighted by atomic mass is 35.5. The van der Waals surface area contributed by atoms with Gasteiger partial charge in [0.25, 0.3) is 0 Å². The normalized spacial score (nSPS) is 19.2. The van der Waals surface area contributed by atoms with Crippen molar-refractivity contribution in [3.63, 3.8) is 0 Å². The zero-order chi connectivity index (χ0) is 8.97. The van der Waals surface area contributed by atoms with E-state index >= 15 is 0 Å². The average molecular weight is 212 g/mol. The molecule has 0 aromatic carbocycles. The number of carbonyl (C=O) groups is 1. The molecule has 1 fully saturated rings. The molecule has 0 bridgehead atoms. The van der Waals surface area contributed by atoms with Crippen LogP contribution in [0, 0.1) is 5.92 Å². The summed E-state index contributed by atoms with van der Waals surface area (Å²) in [7, 11) is 0. The Balaban J connectivity index is 0.00000144. The highest BCUT2D eigenvalue weighted by Gasteiger charge is 2.25. The van der Waals surface area contributed by atoms with Crippen molar-refractivity contribution < 1.29 is 14.0 Å². The van der Waals surface area contributed by atoms with E-state index in [9.17, 15) is 9.28 Å². The standard InChI is InChI=1S/C8H14FNO2.ClH/c1-2-12-8(11)7-3-5-10(9)6-4-7;/h7H,2-6H2,1H3;1H.